The summed E-state index contributed by atoms with van der Waals surface area (Å²) in [6.07, 6.45) is 1.65. The van der Waals surface area contributed by atoms with Gasteiger partial charge in [-0.25, -0.2) is 0 Å². The average Bonchev–Trinajstić information content (AvgIpc) is 2.71. The molecule has 0 aliphatic carbocycles. The standard InChI is InChI=1S/C13H20N2O5/c1-2-3-9(13(19)20)8-14-10(16)6-7-15-11(17)4-5-12(15)18/h9H,2-8H2,1H3,(H,14,16)(H,19,20). The molecule has 0 bridgehead atoms. The third-order valence-electron chi connectivity index (χ3n) is 3.25. The Morgan fingerprint density at radius 2 is 1.90 bits per heavy atom. The van der Waals surface area contributed by atoms with Crippen LogP contribution in [0.2, 0.25) is 0 Å². The Hall–Kier alpha value is -1.92. The van der Waals surface area contributed by atoms with Crippen LogP contribution in [0.3, 0.4) is 0 Å². The minimum Gasteiger partial charge on any atom is -0.481 e. The van der Waals surface area contributed by atoms with Crippen LogP contribution in [0.5, 0.6) is 0 Å². The van der Waals surface area contributed by atoms with Gasteiger partial charge >= 0.3 is 5.97 Å². The molecule has 1 atom stereocenters. The first-order valence-electron chi connectivity index (χ1n) is 6.78. The zero-order chi connectivity index (χ0) is 15.1. The van der Waals surface area contributed by atoms with E-state index in [1.165, 1.54) is 0 Å². The number of hydrogen-bond donors (Lipinski definition) is 2. The van der Waals surface area contributed by atoms with Gasteiger partial charge in [0.05, 0.1) is 5.92 Å². The van der Waals surface area contributed by atoms with Crippen LogP contribution in [0.25, 0.3) is 0 Å². The zero-order valence-corrected chi connectivity index (χ0v) is 11.6. The van der Waals surface area contributed by atoms with Gasteiger partial charge in [-0.3, -0.25) is 24.1 Å². The molecule has 1 rings (SSSR count). The number of nitrogens with zero attached hydrogens (tertiary/aromatic N) is 1. The summed E-state index contributed by atoms with van der Waals surface area (Å²) in [5.41, 5.74) is 0. The quantitative estimate of drug-likeness (QED) is 0.617. The van der Waals surface area contributed by atoms with Gasteiger partial charge in [0, 0.05) is 32.4 Å². The smallest absolute Gasteiger partial charge is 0.308 e. The fraction of sp³-hybridized carbons (Fsp3) is 0.692. The summed E-state index contributed by atoms with van der Waals surface area (Å²) in [6.45, 7) is 2.02. The molecule has 2 N–H and O–H groups in total. The van der Waals surface area contributed by atoms with Crippen LogP contribution < -0.4 is 5.32 Å². The van der Waals surface area contributed by atoms with Crippen LogP contribution in [-0.4, -0.2) is 46.8 Å². The van der Waals surface area contributed by atoms with Gasteiger partial charge in [0.15, 0.2) is 0 Å². The van der Waals surface area contributed by atoms with Crippen LogP contribution in [-0.2, 0) is 19.2 Å². The number of carboxylic acid groups (broad SMARTS) is 1. The third kappa shape index (κ3) is 4.64. The fourth-order valence-electron chi connectivity index (χ4n) is 2.07. The van der Waals surface area contributed by atoms with Gasteiger partial charge in [-0.1, -0.05) is 13.3 Å². The lowest BCUT2D eigenvalue weighted by Crippen LogP contribution is -2.36. The highest BCUT2D eigenvalue weighted by Crippen LogP contribution is 2.11. The number of likely N-dealkylation sites (tertiary alicyclic amines) is 1. The van der Waals surface area contributed by atoms with E-state index in [2.05, 4.69) is 5.32 Å². The molecule has 7 nitrogen and oxygen atoms in total. The van der Waals surface area contributed by atoms with Gasteiger partial charge < -0.3 is 10.4 Å². The molecule has 0 aromatic rings. The minimum absolute atomic E-state index is 0.00987. The van der Waals surface area contributed by atoms with E-state index in [0.717, 1.165) is 11.3 Å². The molecule has 1 heterocycles. The Bertz CT molecular complexity index is 392. The number of carboxylic acids is 1. The minimum atomic E-state index is -0.933. The summed E-state index contributed by atoms with van der Waals surface area (Å²) < 4.78 is 0. The van der Waals surface area contributed by atoms with Crippen molar-refractivity contribution >= 4 is 23.7 Å². The van der Waals surface area contributed by atoms with E-state index in [-0.39, 0.29) is 50.1 Å². The molecule has 7 heteroatoms. The summed E-state index contributed by atoms with van der Waals surface area (Å²) in [4.78, 5) is 46.2. The summed E-state index contributed by atoms with van der Waals surface area (Å²) in [5, 5.41) is 11.5. The lowest BCUT2D eigenvalue weighted by molar-refractivity contribution is -0.142. The Labute approximate surface area is 117 Å². The number of amides is 3. The number of imide groups is 1. The van der Waals surface area contributed by atoms with E-state index in [1.807, 2.05) is 6.92 Å². The Balaban J connectivity index is 2.31. The maximum atomic E-state index is 11.6. The SMILES string of the molecule is CCCC(CNC(=O)CCN1C(=O)CCC1=O)C(=O)O. The largest absolute Gasteiger partial charge is 0.481 e. The molecule has 112 valence electrons. The zero-order valence-electron chi connectivity index (χ0n) is 11.6. The molecule has 1 aliphatic rings. The molecule has 0 spiro atoms. The van der Waals surface area contributed by atoms with Crippen molar-refractivity contribution in [2.24, 2.45) is 5.92 Å². The fourth-order valence-corrected chi connectivity index (χ4v) is 2.07. The van der Waals surface area contributed by atoms with E-state index in [9.17, 15) is 19.2 Å². The number of aliphatic carboxylic acids is 1. The number of carbonyl (C=O) groups excluding carboxylic acids is 3. The predicted octanol–water partition coefficient (Wildman–Crippen LogP) is 0.143. The Morgan fingerprint density at radius 1 is 1.30 bits per heavy atom. The highest BCUT2D eigenvalue weighted by Gasteiger charge is 2.28. The predicted molar refractivity (Wildman–Crippen MR) is 69.6 cm³/mol. The van der Waals surface area contributed by atoms with Crippen molar-refractivity contribution in [3.05, 3.63) is 0 Å². The van der Waals surface area contributed by atoms with Crippen molar-refractivity contribution in [1.29, 1.82) is 0 Å². The van der Waals surface area contributed by atoms with E-state index in [1.54, 1.807) is 0 Å². The van der Waals surface area contributed by atoms with Crippen molar-refractivity contribution in [3.63, 3.8) is 0 Å². The van der Waals surface area contributed by atoms with Gasteiger partial charge in [0.2, 0.25) is 17.7 Å². The van der Waals surface area contributed by atoms with Crippen LogP contribution in [0, 0.1) is 5.92 Å². The van der Waals surface area contributed by atoms with Gasteiger partial charge in [0.25, 0.3) is 0 Å². The molecule has 1 saturated heterocycles. The van der Waals surface area contributed by atoms with Crippen molar-refractivity contribution in [2.75, 3.05) is 13.1 Å². The normalized spacial score (nSPS) is 16.4. The maximum absolute atomic E-state index is 11.6. The van der Waals surface area contributed by atoms with Crippen molar-refractivity contribution < 1.29 is 24.3 Å². The molecule has 0 saturated carbocycles. The summed E-state index contributed by atoms with van der Waals surface area (Å²) in [5.74, 6) is -2.38. The average molecular weight is 284 g/mol. The summed E-state index contributed by atoms with van der Waals surface area (Å²) >= 11 is 0. The topological polar surface area (TPSA) is 104 Å². The molecule has 0 aromatic heterocycles. The number of carbonyl (C=O) groups is 4. The van der Waals surface area contributed by atoms with Crippen molar-refractivity contribution in [3.8, 4) is 0 Å². The van der Waals surface area contributed by atoms with Gasteiger partial charge in [-0.05, 0) is 6.42 Å². The van der Waals surface area contributed by atoms with Gasteiger partial charge in [0.1, 0.15) is 0 Å². The van der Waals surface area contributed by atoms with Gasteiger partial charge in [-0.15, -0.1) is 0 Å². The highest BCUT2D eigenvalue weighted by molar-refractivity contribution is 6.02. The second kappa shape index (κ2) is 7.62. The van der Waals surface area contributed by atoms with Crippen LogP contribution >= 0.6 is 0 Å². The van der Waals surface area contributed by atoms with Crippen LogP contribution in [0.1, 0.15) is 39.0 Å². The molecule has 1 fully saturated rings. The molecule has 1 aliphatic heterocycles. The van der Waals surface area contributed by atoms with E-state index < -0.39 is 11.9 Å². The number of hydrogen-bond acceptors (Lipinski definition) is 4. The first-order valence-corrected chi connectivity index (χ1v) is 6.78. The van der Waals surface area contributed by atoms with Crippen molar-refractivity contribution in [1.82, 2.24) is 10.2 Å². The van der Waals surface area contributed by atoms with Gasteiger partial charge in [-0.2, -0.15) is 0 Å². The second-order valence-electron chi connectivity index (χ2n) is 4.82. The van der Waals surface area contributed by atoms with E-state index >= 15 is 0 Å². The summed E-state index contributed by atoms with van der Waals surface area (Å²) in [7, 11) is 0. The number of nitrogens with one attached hydrogen (secondary N) is 1. The second-order valence-corrected chi connectivity index (χ2v) is 4.82. The molecule has 0 radical (unpaired) electrons. The Morgan fingerprint density at radius 3 is 2.40 bits per heavy atom. The van der Waals surface area contributed by atoms with E-state index in [4.69, 9.17) is 5.11 Å². The molecule has 3 amide bonds. The molecule has 20 heavy (non-hydrogen) atoms. The molecule has 0 aromatic carbocycles. The van der Waals surface area contributed by atoms with Crippen LogP contribution in [0.15, 0.2) is 0 Å². The lowest BCUT2D eigenvalue weighted by Gasteiger charge is -2.15. The first-order chi connectivity index (χ1) is 9.45. The molecule has 1 unspecified atom stereocenters. The number of rotatable bonds is 8. The summed E-state index contributed by atoms with van der Waals surface area (Å²) in [6, 6.07) is 0. The third-order valence-corrected chi connectivity index (χ3v) is 3.25. The monoisotopic (exact) mass is 284 g/mol. The molecular weight excluding hydrogens is 264 g/mol. The highest BCUT2D eigenvalue weighted by atomic mass is 16.4. The molecular formula is C13H20N2O5. The van der Waals surface area contributed by atoms with Crippen molar-refractivity contribution in [2.45, 2.75) is 39.0 Å². The maximum Gasteiger partial charge on any atom is 0.308 e. The Kier molecular flexibility index (Phi) is 6.14. The lowest BCUT2D eigenvalue weighted by atomic mass is 10.0. The van der Waals surface area contributed by atoms with E-state index in [0.29, 0.717) is 6.42 Å². The van der Waals surface area contributed by atoms with Crippen LogP contribution in [0.4, 0.5) is 0 Å². The first kappa shape index (κ1) is 16.1.